The molecule has 2 aliphatic rings. The Balaban J connectivity index is 1.41. The lowest BCUT2D eigenvalue weighted by molar-refractivity contribution is 0.123. The first kappa shape index (κ1) is 20.9. The van der Waals surface area contributed by atoms with Crippen molar-refractivity contribution in [3.63, 3.8) is 0 Å². The molecule has 0 heterocycles. The van der Waals surface area contributed by atoms with Crippen LogP contribution in [0.2, 0.25) is 0 Å². The SMILES string of the molecule is CCCC1CCC(C2CCC(COS(=O)(=O)c3ccc(C)cc3)CC2)CC1. The van der Waals surface area contributed by atoms with Crippen molar-refractivity contribution in [3.05, 3.63) is 29.8 Å². The predicted molar refractivity (Wildman–Crippen MR) is 110 cm³/mol. The third-order valence-electron chi connectivity index (χ3n) is 6.91. The van der Waals surface area contributed by atoms with Gasteiger partial charge in [0.2, 0.25) is 0 Å². The zero-order valence-corrected chi connectivity index (χ0v) is 17.8. The summed E-state index contributed by atoms with van der Waals surface area (Å²) in [5.74, 6) is 3.13. The molecule has 27 heavy (non-hydrogen) atoms. The van der Waals surface area contributed by atoms with Crippen molar-refractivity contribution in [3.8, 4) is 0 Å². The van der Waals surface area contributed by atoms with E-state index in [1.165, 1.54) is 51.4 Å². The van der Waals surface area contributed by atoms with Crippen LogP contribution in [0.25, 0.3) is 0 Å². The van der Waals surface area contributed by atoms with Gasteiger partial charge in [-0.2, -0.15) is 8.42 Å². The van der Waals surface area contributed by atoms with Gasteiger partial charge in [-0.05, 0) is 81.3 Å². The summed E-state index contributed by atoms with van der Waals surface area (Å²) < 4.78 is 30.1. The maximum Gasteiger partial charge on any atom is 0.296 e. The molecule has 0 spiro atoms. The maximum absolute atomic E-state index is 12.4. The minimum Gasteiger partial charge on any atom is -0.266 e. The van der Waals surface area contributed by atoms with Crippen LogP contribution in [-0.2, 0) is 14.3 Å². The third kappa shape index (κ3) is 5.80. The summed E-state index contributed by atoms with van der Waals surface area (Å²) in [6.07, 6.45) is 13.1. The van der Waals surface area contributed by atoms with Gasteiger partial charge in [-0.25, -0.2) is 0 Å². The first-order chi connectivity index (χ1) is 13.0. The fraction of sp³-hybridized carbons (Fsp3) is 0.739. The lowest BCUT2D eigenvalue weighted by Gasteiger charge is -2.37. The Morgan fingerprint density at radius 1 is 0.852 bits per heavy atom. The quantitative estimate of drug-likeness (QED) is 0.526. The van der Waals surface area contributed by atoms with E-state index in [0.717, 1.165) is 36.2 Å². The van der Waals surface area contributed by atoms with Crippen molar-refractivity contribution >= 4 is 10.1 Å². The van der Waals surface area contributed by atoms with E-state index in [2.05, 4.69) is 6.92 Å². The molecule has 4 heteroatoms. The molecule has 0 atom stereocenters. The van der Waals surface area contributed by atoms with E-state index >= 15 is 0 Å². The average Bonchev–Trinajstić information content (AvgIpc) is 2.68. The van der Waals surface area contributed by atoms with Gasteiger partial charge in [-0.3, -0.25) is 4.18 Å². The Kier molecular flexibility index (Phi) is 7.38. The van der Waals surface area contributed by atoms with E-state index in [4.69, 9.17) is 4.18 Å². The van der Waals surface area contributed by atoms with Crippen LogP contribution < -0.4 is 0 Å². The van der Waals surface area contributed by atoms with Crippen LogP contribution in [0, 0.1) is 30.6 Å². The zero-order valence-electron chi connectivity index (χ0n) is 17.0. The summed E-state index contributed by atoms with van der Waals surface area (Å²) in [4.78, 5) is 0.269. The summed E-state index contributed by atoms with van der Waals surface area (Å²) in [5, 5.41) is 0. The zero-order chi connectivity index (χ0) is 19.3. The third-order valence-corrected chi connectivity index (χ3v) is 8.21. The van der Waals surface area contributed by atoms with Crippen LogP contribution >= 0.6 is 0 Å². The van der Waals surface area contributed by atoms with Crippen molar-refractivity contribution in [2.75, 3.05) is 6.61 Å². The van der Waals surface area contributed by atoms with Crippen LogP contribution in [0.15, 0.2) is 29.2 Å². The van der Waals surface area contributed by atoms with E-state index in [9.17, 15) is 8.42 Å². The van der Waals surface area contributed by atoms with E-state index in [-0.39, 0.29) is 4.90 Å². The lowest BCUT2D eigenvalue weighted by Crippen LogP contribution is -2.27. The molecule has 0 amide bonds. The monoisotopic (exact) mass is 392 g/mol. The van der Waals surface area contributed by atoms with Crippen molar-refractivity contribution in [2.45, 2.75) is 83.0 Å². The molecule has 1 aromatic carbocycles. The van der Waals surface area contributed by atoms with Gasteiger partial charge >= 0.3 is 0 Å². The van der Waals surface area contributed by atoms with Gasteiger partial charge in [0.05, 0.1) is 11.5 Å². The van der Waals surface area contributed by atoms with E-state index in [0.29, 0.717) is 12.5 Å². The molecule has 0 aliphatic heterocycles. The number of benzene rings is 1. The largest absolute Gasteiger partial charge is 0.296 e. The van der Waals surface area contributed by atoms with Gasteiger partial charge in [0.1, 0.15) is 0 Å². The Morgan fingerprint density at radius 2 is 1.37 bits per heavy atom. The molecule has 0 aromatic heterocycles. The first-order valence-electron chi connectivity index (χ1n) is 10.9. The molecular formula is C23H36O3S. The summed E-state index contributed by atoms with van der Waals surface area (Å²) in [5.41, 5.74) is 1.05. The van der Waals surface area contributed by atoms with Gasteiger partial charge in [-0.1, -0.05) is 50.3 Å². The van der Waals surface area contributed by atoms with Crippen LogP contribution in [0.1, 0.15) is 76.7 Å². The predicted octanol–water partition coefficient (Wildman–Crippen LogP) is 6.11. The lowest BCUT2D eigenvalue weighted by atomic mass is 9.69. The standard InChI is InChI=1S/C23H36O3S/c1-3-4-19-7-11-21(12-8-19)22-13-9-20(10-14-22)17-26-27(24,25)23-15-5-18(2)6-16-23/h5-6,15-16,19-22H,3-4,7-14,17H2,1-2H3. The van der Waals surface area contributed by atoms with E-state index in [1.807, 2.05) is 19.1 Å². The van der Waals surface area contributed by atoms with Crippen LogP contribution in [0.4, 0.5) is 0 Å². The second-order valence-corrected chi connectivity index (χ2v) is 10.5. The summed E-state index contributed by atoms with van der Waals surface area (Å²) in [6.45, 7) is 4.59. The number of rotatable bonds is 7. The fourth-order valence-electron chi connectivity index (χ4n) is 5.14. The van der Waals surface area contributed by atoms with Crippen molar-refractivity contribution in [2.24, 2.45) is 23.7 Å². The summed E-state index contributed by atoms with van der Waals surface area (Å²) in [6, 6.07) is 6.90. The van der Waals surface area contributed by atoms with Crippen molar-refractivity contribution < 1.29 is 12.6 Å². The Labute approximate surface area is 166 Å². The molecule has 0 radical (unpaired) electrons. The van der Waals surface area contributed by atoms with Crippen molar-refractivity contribution in [1.82, 2.24) is 0 Å². The Hall–Kier alpha value is -0.870. The fourth-order valence-corrected chi connectivity index (χ4v) is 6.12. The molecule has 3 rings (SSSR count). The normalized spacial score (nSPS) is 29.6. The number of hydrogen-bond acceptors (Lipinski definition) is 3. The second kappa shape index (κ2) is 9.56. The Morgan fingerprint density at radius 3 is 1.89 bits per heavy atom. The molecule has 2 aliphatic carbocycles. The molecule has 0 N–H and O–H groups in total. The first-order valence-corrected chi connectivity index (χ1v) is 12.3. The molecule has 0 saturated heterocycles. The molecule has 0 bridgehead atoms. The number of aryl methyl sites for hydroxylation is 1. The topological polar surface area (TPSA) is 43.4 Å². The number of hydrogen-bond donors (Lipinski definition) is 0. The Bertz CT molecular complexity index is 664. The molecule has 0 unspecified atom stereocenters. The molecular weight excluding hydrogens is 356 g/mol. The average molecular weight is 393 g/mol. The minimum absolute atomic E-state index is 0.269. The van der Waals surface area contributed by atoms with Crippen LogP contribution in [0.3, 0.4) is 0 Å². The molecule has 2 fully saturated rings. The summed E-state index contributed by atoms with van der Waals surface area (Å²) in [7, 11) is -3.62. The van der Waals surface area contributed by atoms with E-state index in [1.54, 1.807) is 12.1 Å². The minimum atomic E-state index is -3.62. The van der Waals surface area contributed by atoms with Gasteiger partial charge < -0.3 is 0 Å². The highest BCUT2D eigenvalue weighted by atomic mass is 32.2. The van der Waals surface area contributed by atoms with Crippen LogP contribution in [-0.4, -0.2) is 15.0 Å². The molecule has 3 nitrogen and oxygen atoms in total. The van der Waals surface area contributed by atoms with Gasteiger partial charge in [0.15, 0.2) is 0 Å². The summed E-state index contributed by atoms with van der Waals surface area (Å²) >= 11 is 0. The molecule has 152 valence electrons. The van der Waals surface area contributed by atoms with Crippen molar-refractivity contribution in [1.29, 1.82) is 0 Å². The van der Waals surface area contributed by atoms with E-state index < -0.39 is 10.1 Å². The molecule has 1 aromatic rings. The highest BCUT2D eigenvalue weighted by Gasteiger charge is 2.31. The van der Waals surface area contributed by atoms with Crippen LogP contribution in [0.5, 0.6) is 0 Å². The van der Waals surface area contributed by atoms with Gasteiger partial charge in [-0.15, -0.1) is 0 Å². The molecule has 2 saturated carbocycles. The maximum atomic E-state index is 12.4. The highest BCUT2D eigenvalue weighted by Crippen LogP contribution is 2.42. The second-order valence-electron chi connectivity index (χ2n) is 8.90. The van der Waals surface area contributed by atoms with Gasteiger partial charge in [0, 0.05) is 0 Å². The smallest absolute Gasteiger partial charge is 0.266 e. The van der Waals surface area contributed by atoms with Gasteiger partial charge in [0.25, 0.3) is 10.1 Å². The highest BCUT2D eigenvalue weighted by molar-refractivity contribution is 7.86.